The Morgan fingerprint density at radius 2 is 1.88 bits per heavy atom. The minimum atomic E-state index is 1.05. The quantitative estimate of drug-likeness (QED) is 0.743. The number of likely N-dealkylation sites (N-methyl/N-ethyl adjacent to an activating group) is 1. The normalized spacial score (nSPS) is 15.9. The average Bonchev–Trinajstić information content (AvgIpc) is 2.28. The van der Waals surface area contributed by atoms with Gasteiger partial charge in [-0.25, -0.2) is 0 Å². The van der Waals surface area contributed by atoms with E-state index in [2.05, 4.69) is 58.6 Å². The summed E-state index contributed by atoms with van der Waals surface area (Å²) in [5.74, 6) is 0. The largest absolute Gasteiger partial charge is 0.344 e. The van der Waals surface area contributed by atoms with Crippen molar-refractivity contribution in [3.8, 4) is 0 Å². The molecule has 0 radical (unpaired) electrons. The second-order valence-electron chi connectivity index (χ2n) is 3.89. The Bertz CT molecular complexity index is 497. The van der Waals surface area contributed by atoms with Gasteiger partial charge in [0.05, 0.1) is 0 Å². The molecule has 82 valence electrons. The maximum atomic E-state index is 4.08. The van der Waals surface area contributed by atoms with Gasteiger partial charge in [-0.05, 0) is 24.6 Å². The molecule has 0 aromatic heterocycles. The van der Waals surface area contributed by atoms with Crippen LogP contribution in [0.3, 0.4) is 0 Å². The van der Waals surface area contributed by atoms with Gasteiger partial charge in [-0.2, -0.15) is 0 Å². The van der Waals surface area contributed by atoms with Crippen LogP contribution in [0.1, 0.15) is 12.5 Å². The number of rotatable bonds is 1. The minimum absolute atomic E-state index is 1.05. The van der Waals surface area contributed by atoms with Crippen LogP contribution in [-0.2, 0) is 0 Å². The fourth-order valence-corrected chi connectivity index (χ4v) is 2.25. The van der Waals surface area contributed by atoms with Crippen molar-refractivity contribution in [1.82, 2.24) is 4.90 Å². The Morgan fingerprint density at radius 1 is 1.19 bits per heavy atom. The van der Waals surface area contributed by atoms with E-state index in [0.29, 0.717) is 0 Å². The zero-order valence-corrected chi connectivity index (χ0v) is 11.1. The van der Waals surface area contributed by atoms with Crippen molar-refractivity contribution in [2.45, 2.75) is 6.92 Å². The molecule has 1 aliphatic heterocycles. The van der Waals surface area contributed by atoms with E-state index in [1.807, 2.05) is 19.2 Å². The number of allylic oxidation sites excluding steroid dienone is 3. The first kappa shape index (κ1) is 11.2. The molecule has 1 nitrogen and oxygen atoms in total. The molecule has 1 heterocycles. The van der Waals surface area contributed by atoms with Crippen LogP contribution in [0.15, 0.2) is 58.7 Å². The summed E-state index contributed by atoms with van der Waals surface area (Å²) < 4.78 is 1.11. The van der Waals surface area contributed by atoms with Crippen molar-refractivity contribution < 1.29 is 0 Å². The maximum absolute atomic E-state index is 4.08. The first-order valence-corrected chi connectivity index (χ1v) is 5.97. The smallest absolute Gasteiger partial charge is 0.0493 e. The molecule has 0 saturated heterocycles. The second kappa shape index (κ2) is 4.30. The zero-order valence-electron chi connectivity index (χ0n) is 9.50. The van der Waals surface area contributed by atoms with E-state index in [0.717, 1.165) is 10.2 Å². The van der Waals surface area contributed by atoms with Gasteiger partial charge in [0.1, 0.15) is 0 Å². The Balaban J connectivity index is 2.50. The predicted molar refractivity (Wildman–Crippen MR) is 72.8 cm³/mol. The third-order valence-corrected chi connectivity index (χ3v) is 3.55. The fraction of sp³-hybridized carbons (Fsp3) is 0.143. The number of halogens is 1. The average molecular weight is 276 g/mol. The lowest BCUT2D eigenvalue weighted by Gasteiger charge is -2.29. The first-order valence-electron chi connectivity index (χ1n) is 5.17. The Labute approximate surface area is 105 Å². The molecule has 0 unspecified atom stereocenters. The highest BCUT2D eigenvalue weighted by Gasteiger charge is 2.16. The van der Waals surface area contributed by atoms with Gasteiger partial charge in [0, 0.05) is 28.5 Å². The van der Waals surface area contributed by atoms with Crippen LogP contribution < -0.4 is 0 Å². The van der Waals surface area contributed by atoms with Crippen LogP contribution in [0, 0.1) is 0 Å². The van der Waals surface area contributed by atoms with Crippen LogP contribution in [-0.4, -0.2) is 11.9 Å². The molecular weight excluding hydrogens is 262 g/mol. The Hall–Kier alpha value is -1.28. The zero-order chi connectivity index (χ0) is 11.7. The van der Waals surface area contributed by atoms with Gasteiger partial charge in [0.15, 0.2) is 0 Å². The van der Waals surface area contributed by atoms with E-state index in [1.165, 1.54) is 16.8 Å². The Morgan fingerprint density at radius 3 is 2.56 bits per heavy atom. The van der Waals surface area contributed by atoms with Crippen molar-refractivity contribution in [3.05, 3.63) is 64.3 Å². The van der Waals surface area contributed by atoms with E-state index in [-0.39, 0.29) is 0 Å². The summed E-state index contributed by atoms with van der Waals surface area (Å²) in [6.07, 6.45) is 4.24. The molecule has 0 atom stereocenters. The van der Waals surface area contributed by atoms with Gasteiger partial charge >= 0.3 is 0 Å². The molecule has 16 heavy (non-hydrogen) atoms. The van der Waals surface area contributed by atoms with Crippen LogP contribution in [0.4, 0.5) is 0 Å². The van der Waals surface area contributed by atoms with E-state index in [1.54, 1.807) is 0 Å². The molecule has 0 amide bonds. The van der Waals surface area contributed by atoms with Gasteiger partial charge in [-0.1, -0.05) is 46.8 Å². The summed E-state index contributed by atoms with van der Waals surface area (Å²) in [5, 5.41) is 0. The van der Waals surface area contributed by atoms with E-state index < -0.39 is 0 Å². The van der Waals surface area contributed by atoms with Crippen LogP contribution >= 0.6 is 15.9 Å². The Kier molecular flexibility index (Phi) is 3.01. The van der Waals surface area contributed by atoms with Crippen molar-refractivity contribution >= 4 is 21.6 Å². The molecule has 0 bridgehead atoms. The molecule has 0 fully saturated rings. The third-order valence-electron chi connectivity index (χ3n) is 2.86. The molecule has 1 aromatic rings. The number of hydrogen-bond donors (Lipinski definition) is 0. The standard InChI is InChI=1S/C14H14BrN/c1-10-8-9-14(16(3)11(10)2)12-6-4-5-7-13(12)15/h4-9H,2H2,1,3H3. The highest BCUT2D eigenvalue weighted by molar-refractivity contribution is 9.10. The summed E-state index contributed by atoms with van der Waals surface area (Å²) in [5.41, 5.74) is 4.62. The highest BCUT2D eigenvalue weighted by atomic mass is 79.9. The second-order valence-corrected chi connectivity index (χ2v) is 4.74. The van der Waals surface area contributed by atoms with E-state index in [9.17, 15) is 0 Å². The van der Waals surface area contributed by atoms with Crippen LogP contribution in [0.2, 0.25) is 0 Å². The van der Waals surface area contributed by atoms with Crippen LogP contribution in [0.25, 0.3) is 5.70 Å². The molecule has 0 N–H and O–H groups in total. The first-order chi connectivity index (χ1) is 7.61. The number of nitrogens with zero attached hydrogens (tertiary/aromatic N) is 1. The maximum Gasteiger partial charge on any atom is 0.0493 e. The highest BCUT2D eigenvalue weighted by Crippen LogP contribution is 2.32. The molecule has 0 saturated carbocycles. The molecular formula is C14H14BrN. The lowest BCUT2D eigenvalue weighted by Crippen LogP contribution is -2.18. The molecule has 1 aromatic carbocycles. The minimum Gasteiger partial charge on any atom is -0.344 e. The van der Waals surface area contributed by atoms with Gasteiger partial charge < -0.3 is 4.90 Å². The number of benzene rings is 1. The molecule has 2 heteroatoms. The summed E-state index contributed by atoms with van der Waals surface area (Å²) in [4.78, 5) is 2.12. The molecule has 2 rings (SSSR count). The topological polar surface area (TPSA) is 3.24 Å². The van der Waals surface area contributed by atoms with Gasteiger partial charge in [-0.3, -0.25) is 0 Å². The van der Waals surface area contributed by atoms with E-state index in [4.69, 9.17) is 0 Å². The SMILES string of the molecule is C=C1C(C)=CC=C(c2ccccc2Br)N1C. The van der Waals surface area contributed by atoms with Gasteiger partial charge in [0.2, 0.25) is 0 Å². The van der Waals surface area contributed by atoms with Crippen molar-refractivity contribution in [1.29, 1.82) is 0 Å². The summed E-state index contributed by atoms with van der Waals surface area (Å²) in [7, 11) is 2.05. The molecule has 1 aliphatic rings. The van der Waals surface area contributed by atoms with Crippen molar-refractivity contribution in [2.75, 3.05) is 7.05 Å². The summed E-state index contributed by atoms with van der Waals surface area (Å²) >= 11 is 3.58. The third kappa shape index (κ3) is 1.85. The summed E-state index contributed by atoms with van der Waals surface area (Å²) in [6, 6.07) is 8.22. The lowest BCUT2D eigenvalue weighted by molar-refractivity contribution is 0.603. The summed E-state index contributed by atoms with van der Waals surface area (Å²) in [6.45, 7) is 6.16. The predicted octanol–water partition coefficient (Wildman–Crippen LogP) is 4.20. The number of hydrogen-bond acceptors (Lipinski definition) is 1. The molecule has 0 aliphatic carbocycles. The van der Waals surface area contributed by atoms with E-state index >= 15 is 0 Å². The van der Waals surface area contributed by atoms with Crippen molar-refractivity contribution in [2.24, 2.45) is 0 Å². The monoisotopic (exact) mass is 275 g/mol. The van der Waals surface area contributed by atoms with Gasteiger partial charge in [0.25, 0.3) is 0 Å². The van der Waals surface area contributed by atoms with Crippen LogP contribution in [0.5, 0.6) is 0 Å². The van der Waals surface area contributed by atoms with Crippen molar-refractivity contribution in [3.63, 3.8) is 0 Å². The van der Waals surface area contributed by atoms with Gasteiger partial charge in [-0.15, -0.1) is 0 Å². The molecule has 0 spiro atoms. The fourth-order valence-electron chi connectivity index (χ4n) is 1.76. The lowest BCUT2D eigenvalue weighted by atomic mass is 10.0.